The molecule has 0 saturated heterocycles. The summed E-state index contributed by atoms with van der Waals surface area (Å²) in [6, 6.07) is 15.1. The van der Waals surface area contributed by atoms with Crippen LogP contribution in [0.15, 0.2) is 48.7 Å². The highest BCUT2D eigenvalue weighted by Crippen LogP contribution is 2.34. The van der Waals surface area contributed by atoms with Gasteiger partial charge in [0.15, 0.2) is 0 Å². The number of hydrogen-bond acceptors (Lipinski definition) is 2. The lowest BCUT2D eigenvalue weighted by Gasteiger charge is -2.19. The molecule has 0 fully saturated rings. The smallest absolute Gasteiger partial charge is 0.0482 e. The quantitative estimate of drug-likeness (QED) is 0.900. The summed E-state index contributed by atoms with van der Waals surface area (Å²) in [6.45, 7) is 0. The maximum Gasteiger partial charge on any atom is 0.0482 e. The van der Waals surface area contributed by atoms with Crippen molar-refractivity contribution in [2.45, 2.75) is 44.1 Å². The van der Waals surface area contributed by atoms with E-state index in [4.69, 9.17) is 5.73 Å². The third-order valence-corrected chi connectivity index (χ3v) is 4.36. The first-order valence-electron chi connectivity index (χ1n) is 7.58. The molecule has 1 heterocycles. The fourth-order valence-corrected chi connectivity index (χ4v) is 3.25. The van der Waals surface area contributed by atoms with Gasteiger partial charge in [-0.2, -0.15) is 0 Å². The zero-order chi connectivity index (χ0) is 13.8. The molecule has 2 heteroatoms. The molecular weight excluding hydrogens is 244 g/mol. The normalized spacial score (nSPS) is 18.8. The molecule has 0 radical (unpaired) electrons. The Morgan fingerprint density at radius 2 is 2.00 bits per heavy atom. The van der Waals surface area contributed by atoms with Crippen molar-refractivity contribution < 1.29 is 0 Å². The number of aromatic nitrogens is 1. The molecule has 1 aromatic carbocycles. The highest BCUT2D eigenvalue weighted by atomic mass is 14.7. The van der Waals surface area contributed by atoms with E-state index in [0.29, 0.717) is 5.92 Å². The van der Waals surface area contributed by atoms with E-state index in [9.17, 15) is 0 Å². The minimum atomic E-state index is 0.245. The van der Waals surface area contributed by atoms with E-state index in [-0.39, 0.29) is 6.04 Å². The molecule has 3 rings (SSSR count). The molecule has 1 aliphatic rings. The van der Waals surface area contributed by atoms with Crippen molar-refractivity contribution in [3.63, 3.8) is 0 Å². The van der Waals surface area contributed by atoms with Crippen LogP contribution in [0.4, 0.5) is 0 Å². The Kier molecular flexibility index (Phi) is 4.12. The van der Waals surface area contributed by atoms with Crippen molar-refractivity contribution in [3.8, 4) is 0 Å². The maximum absolute atomic E-state index is 6.42. The second-order valence-electron chi connectivity index (χ2n) is 5.73. The maximum atomic E-state index is 6.42. The Hall–Kier alpha value is -1.67. The number of pyridine rings is 1. The van der Waals surface area contributed by atoms with Gasteiger partial charge in [-0.25, -0.2) is 0 Å². The molecule has 0 aliphatic heterocycles. The number of aryl methyl sites for hydroxylation is 2. The molecule has 2 atom stereocenters. The molecule has 0 amide bonds. The van der Waals surface area contributed by atoms with Crippen LogP contribution in [0.3, 0.4) is 0 Å². The van der Waals surface area contributed by atoms with Crippen LogP contribution in [0.5, 0.6) is 0 Å². The van der Waals surface area contributed by atoms with E-state index in [1.165, 1.54) is 23.2 Å². The van der Waals surface area contributed by atoms with Crippen molar-refractivity contribution >= 4 is 0 Å². The number of benzene rings is 1. The summed E-state index contributed by atoms with van der Waals surface area (Å²) in [6.07, 6.45) is 7.56. The molecule has 0 saturated carbocycles. The van der Waals surface area contributed by atoms with Gasteiger partial charge in [-0.3, -0.25) is 4.98 Å². The highest BCUT2D eigenvalue weighted by Gasteiger charge is 2.28. The summed E-state index contributed by atoms with van der Waals surface area (Å²) in [4.78, 5) is 4.55. The van der Waals surface area contributed by atoms with Crippen LogP contribution in [-0.2, 0) is 12.8 Å². The summed E-state index contributed by atoms with van der Waals surface area (Å²) in [5.74, 6) is 0.460. The van der Waals surface area contributed by atoms with Crippen LogP contribution in [0.25, 0.3) is 0 Å². The Morgan fingerprint density at radius 3 is 2.85 bits per heavy atom. The van der Waals surface area contributed by atoms with Crippen LogP contribution in [-0.4, -0.2) is 11.0 Å². The fraction of sp³-hybridized carbons (Fsp3) is 0.389. The molecule has 104 valence electrons. The van der Waals surface area contributed by atoms with Gasteiger partial charge in [-0.15, -0.1) is 0 Å². The summed E-state index contributed by atoms with van der Waals surface area (Å²) < 4.78 is 0. The Labute approximate surface area is 121 Å². The Bertz CT molecular complexity index is 550. The molecule has 2 aromatic rings. The number of hydrogen-bond donors (Lipinski definition) is 1. The van der Waals surface area contributed by atoms with E-state index in [0.717, 1.165) is 25.7 Å². The lowest BCUT2D eigenvalue weighted by atomic mass is 9.92. The van der Waals surface area contributed by atoms with E-state index in [2.05, 4.69) is 41.4 Å². The lowest BCUT2D eigenvalue weighted by molar-refractivity contribution is 0.476. The van der Waals surface area contributed by atoms with E-state index < -0.39 is 0 Å². The van der Waals surface area contributed by atoms with Crippen LogP contribution in [0.2, 0.25) is 0 Å². The molecule has 1 aliphatic carbocycles. The lowest BCUT2D eigenvalue weighted by Crippen LogP contribution is -2.27. The van der Waals surface area contributed by atoms with Gasteiger partial charge < -0.3 is 5.73 Å². The van der Waals surface area contributed by atoms with Crippen LogP contribution >= 0.6 is 0 Å². The van der Waals surface area contributed by atoms with Gasteiger partial charge in [-0.1, -0.05) is 36.4 Å². The van der Waals surface area contributed by atoms with Crippen molar-refractivity contribution in [2.75, 3.05) is 0 Å². The Morgan fingerprint density at radius 1 is 1.15 bits per heavy atom. The second kappa shape index (κ2) is 6.19. The molecule has 2 N–H and O–H groups in total. The number of nitrogens with two attached hydrogens (primary N) is 1. The first kappa shape index (κ1) is 13.3. The Balaban J connectivity index is 1.54. The van der Waals surface area contributed by atoms with E-state index in [1.807, 2.05) is 12.3 Å². The standard InChI is InChI=1S/C18H22N2/c19-17(10-4-8-14-6-2-1-3-7-14)16-12-11-15-9-5-13-20-18(15)16/h1-3,5-7,9,13,16-17H,4,8,10-12,19H2. The van der Waals surface area contributed by atoms with E-state index in [1.54, 1.807) is 0 Å². The van der Waals surface area contributed by atoms with Crippen LogP contribution < -0.4 is 5.73 Å². The number of rotatable bonds is 5. The van der Waals surface area contributed by atoms with Crippen molar-refractivity contribution in [2.24, 2.45) is 5.73 Å². The van der Waals surface area contributed by atoms with Gasteiger partial charge in [0.05, 0.1) is 0 Å². The molecule has 20 heavy (non-hydrogen) atoms. The SMILES string of the molecule is NC(CCCc1ccccc1)C1CCc2cccnc21. The minimum Gasteiger partial charge on any atom is -0.327 e. The summed E-state index contributed by atoms with van der Waals surface area (Å²) in [5, 5.41) is 0. The molecule has 1 aromatic heterocycles. The summed E-state index contributed by atoms with van der Waals surface area (Å²) >= 11 is 0. The highest BCUT2D eigenvalue weighted by molar-refractivity contribution is 5.29. The zero-order valence-electron chi connectivity index (χ0n) is 11.8. The second-order valence-corrected chi connectivity index (χ2v) is 5.73. The van der Waals surface area contributed by atoms with Crippen LogP contribution in [0.1, 0.15) is 42.0 Å². The monoisotopic (exact) mass is 266 g/mol. The summed E-state index contributed by atoms with van der Waals surface area (Å²) in [7, 11) is 0. The molecule has 2 unspecified atom stereocenters. The van der Waals surface area contributed by atoms with Gasteiger partial charge >= 0.3 is 0 Å². The molecule has 0 bridgehead atoms. The number of nitrogens with zero attached hydrogens (tertiary/aromatic N) is 1. The predicted octanol–water partition coefficient (Wildman–Crippen LogP) is 3.46. The van der Waals surface area contributed by atoms with Gasteiger partial charge in [0.2, 0.25) is 0 Å². The van der Waals surface area contributed by atoms with Crippen molar-refractivity contribution in [3.05, 3.63) is 65.5 Å². The third-order valence-electron chi connectivity index (χ3n) is 4.36. The third kappa shape index (κ3) is 2.91. The zero-order valence-corrected chi connectivity index (χ0v) is 11.8. The van der Waals surface area contributed by atoms with Gasteiger partial charge in [0.1, 0.15) is 0 Å². The van der Waals surface area contributed by atoms with Gasteiger partial charge in [-0.05, 0) is 49.3 Å². The van der Waals surface area contributed by atoms with Crippen molar-refractivity contribution in [1.29, 1.82) is 0 Å². The minimum absolute atomic E-state index is 0.245. The van der Waals surface area contributed by atoms with E-state index >= 15 is 0 Å². The largest absolute Gasteiger partial charge is 0.327 e. The van der Waals surface area contributed by atoms with Crippen molar-refractivity contribution in [1.82, 2.24) is 4.98 Å². The average Bonchev–Trinajstić information content (AvgIpc) is 2.92. The average molecular weight is 266 g/mol. The first-order valence-corrected chi connectivity index (χ1v) is 7.58. The molecule has 0 spiro atoms. The van der Waals surface area contributed by atoms with Gasteiger partial charge in [0.25, 0.3) is 0 Å². The topological polar surface area (TPSA) is 38.9 Å². The van der Waals surface area contributed by atoms with Gasteiger partial charge in [0, 0.05) is 23.9 Å². The first-order chi connectivity index (χ1) is 9.84. The van der Waals surface area contributed by atoms with Crippen LogP contribution in [0, 0.1) is 0 Å². The number of fused-ring (bicyclic) bond motifs is 1. The predicted molar refractivity (Wildman–Crippen MR) is 82.7 cm³/mol. The molecular formula is C18H22N2. The summed E-state index contributed by atoms with van der Waals surface area (Å²) in [5.41, 5.74) is 10.5. The molecule has 2 nitrogen and oxygen atoms in total. The fourth-order valence-electron chi connectivity index (χ4n) is 3.25.